The number of hydrogen-bond donors (Lipinski definition) is 1. The summed E-state index contributed by atoms with van der Waals surface area (Å²) in [5.41, 5.74) is 0.908. The minimum absolute atomic E-state index is 0.122. The van der Waals surface area contributed by atoms with Crippen LogP contribution >= 0.6 is 0 Å². The lowest BCUT2D eigenvalue weighted by atomic mass is 9.49. The van der Waals surface area contributed by atoms with E-state index in [0.29, 0.717) is 24.3 Å². The Bertz CT molecular complexity index is 634. The van der Waals surface area contributed by atoms with Crippen LogP contribution in [0.2, 0.25) is 0 Å². The van der Waals surface area contributed by atoms with Crippen molar-refractivity contribution in [2.75, 3.05) is 13.2 Å². The van der Waals surface area contributed by atoms with Crippen LogP contribution < -0.4 is 5.32 Å². The van der Waals surface area contributed by atoms with Gasteiger partial charge in [-0.05, 0) is 67.8 Å². The van der Waals surface area contributed by atoms with Gasteiger partial charge < -0.3 is 10.1 Å². The Morgan fingerprint density at radius 1 is 1.08 bits per heavy atom. The lowest BCUT2D eigenvalue weighted by Crippen LogP contribution is -2.51. The third kappa shape index (κ3) is 3.51. The third-order valence-corrected chi connectivity index (χ3v) is 6.78. The largest absolute Gasteiger partial charge is 0.455 e. The number of esters is 1. The van der Waals surface area contributed by atoms with Crippen molar-refractivity contribution >= 4 is 11.9 Å². The summed E-state index contributed by atoms with van der Waals surface area (Å²) in [6.45, 7) is 2.48. The molecule has 0 unspecified atom stereocenters. The summed E-state index contributed by atoms with van der Waals surface area (Å²) in [5, 5.41) is 2.89. The Balaban J connectivity index is 1.25. The van der Waals surface area contributed by atoms with Crippen LogP contribution in [0.5, 0.6) is 0 Å². The molecule has 1 aromatic carbocycles. The van der Waals surface area contributed by atoms with Crippen molar-refractivity contribution in [3.8, 4) is 0 Å². The van der Waals surface area contributed by atoms with E-state index >= 15 is 0 Å². The van der Waals surface area contributed by atoms with Crippen LogP contribution in [0.4, 0.5) is 0 Å². The van der Waals surface area contributed by atoms with E-state index in [0.717, 1.165) is 19.3 Å². The maximum atomic E-state index is 12.8. The fourth-order valence-corrected chi connectivity index (χ4v) is 5.86. The van der Waals surface area contributed by atoms with E-state index in [4.69, 9.17) is 4.74 Å². The summed E-state index contributed by atoms with van der Waals surface area (Å²) < 4.78 is 5.48. The molecule has 4 saturated carbocycles. The van der Waals surface area contributed by atoms with Gasteiger partial charge in [0.05, 0.1) is 5.41 Å². The minimum atomic E-state index is -0.285. The lowest BCUT2D eigenvalue weighted by molar-refractivity contribution is -0.173. The monoisotopic (exact) mass is 355 g/mol. The minimum Gasteiger partial charge on any atom is -0.455 e. The molecule has 4 nitrogen and oxygen atoms in total. The molecule has 4 fully saturated rings. The molecule has 5 rings (SSSR count). The predicted molar refractivity (Wildman–Crippen MR) is 99.4 cm³/mol. The van der Waals surface area contributed by atoms with E-state index in [1.807, 2.05) is 18.2 Å². The zero-order valence-corrected chi connectivity index (χ0v) is 15.6. The summed E-state index contributed by atoms with van der Waals surface area (Å²) in [6, 6.07) is 10.1. The lowest BCUT2D eigenvalue weighted by Gasteiger charge is -2.55. The molecular formula is C22H29NO3. The quantitative estimate of drug-likeness (QED) is 0.792. The maximum absolute atomic E-state index is 12.8. The molecule has 0 radical (unpaired) electrons. The first-order valence-electron chi connectivity index (χ1n) is 10.0. The van der Waals surface area contributed by atoms with Crippen LogP contribution in [0.25, 0.3) is 0 Å². The molecule has 140 valence electrons. The fraction of sp³-hybridized carbons (Fsp3) is 0.636. The highest BCUT2D eigenvalue weighted by Crippen LogP contribution is 2.60. The molecule has 26 heavy (non-hydrogen) atoms. The van der Waals surface area contributed by atoms with Crippen molar-refractivity contribution in [1.82, 2.24) is 5.32 Å². The number of rotatable bonds is 6. The van der Waals surface area contributed by atoms with Crippen molar-refractivity contribution in [2.24, 2.45) is 23.2 Å². The molecule has 0 aliphatic heterocycles. The standard InChI is InChI=1S/C22H29NO3/c1-15(19-5-3-2-4-6-19)13-23-20(24)14-26-21(25)22-10-16-7-17(11-22)9-18(8-16)12-22/h2-6,15-18H,7-14H2,1H3,(H,23,24)/t15-,16?,17?,18?,22?/m0/s1. The van der Waals surface area contributed by atoms with E-state index in [9.17, 15) is 9.59 Å². The Hall–Kier alpha value is -1.84. The number of carbonyl (C=O) groups excluding carboxylic acids is 2. The van der Waals surface area contributed by atoms with Crippen LogP contribution in [0.3, 0.4) is 0 Å². The number of benzene rings is 1. The van der Waals surface area contributed by atoms with E-state index < -0.39 is 0 Å². The van der Waals surface area contributed by atoms with Gasteiger partial charge in [0, 0.05) is 6.54 Å². The smallest absolute Gasteiger partial charge is 0.312 e. The van der Waals surface area contributed by atoms with Crippen molar-refractivity contribution in [1.29, 1.82) is 0 Å². The molecule has 0 saturated heterocycles. The van der Waals surface area contributed by atoms with Gasteiger partial charge in [0.25, 0.3) is 5.91 Å². The van der Waals surface area contributed by atoms with Crippen molar-refractivity contribution in [3.05, 3.63) is 35.9 Å². The van der Waals surface area contributed by atoms with Gasteiger partial charge >= 0.3 is 5.97 Å². The first-order valence-corrected chi connectivity index (χ1v) is 10.0. The molecule has 1 atom stereocenters. The number of amides is 1. The van der Waals surface area contributed by atoms with Crippen molar-refractivity contribution in [2.45, 2.75) is 51.4 Å². The first-order chi connectivity index (χ1) is 12.5. The molecule has 1 N–H and O–H groups in total. The normalized spacial score (nSPS) is 32.9. The third-order valence-electron chi connectivity index (χ3n) is 6.78. The van der Waals surface area contributed by atoms with Gasteiger partial charge in [-0.15, -0.1) is 0 Å². The molecule has 4 aliphatic rings. The Morgan fingerprint density at radius 3 is 2.23 bits per heavy atom. The topological polar surface area (TPSA) is 55.4 Å². The van der Waals surface area contributed by atoms with E-state index in [1.165, 1.54) is 24.8 Å². The van der Waals surface area contributed by atoms with Gasteiger partial charge in [0.2, 0.25) is 0 Å². The second-order valence-electron chi connectivity index (χ2n) is 8.89. The molecule has 4 bridgehead atoms. The van der Waals surface area contributed by atoms with Crippen LogP contribution in [0, 0.1) is 23.2 Å². The Kier molecular flexibility index (Phi) is 4.76. The SMILES string of the molecule is C[C@@H](CNC(=O)COC(=O)C12CC3CC(CC(C3)C1)C2)c1ccccc1. The summed E-state index contributed by atoms with van der Waals surface area (Å²) in [6.07, 6.45) is 6.82. The number of nitrogens with one attached hydrogen (secondary N) is 1. The van der Waals surface area contributed by atoms with Gasteiger partial charge in [-0.25, -0.2) is 0 Å². The van der Waals surface area contributed by atoms with Crippen molar-refractivity contribution in [3.63, 3.8) is 0 Å². The molecule has 0 heterocycles. The van der Waals surface area contributed by atoms with Crippen LogP contribution in [0.15, 0.2) is 30.3 Å². The average Bonchev–Trinajstić information content (AvgIpc) is 2.63. The number of carbonyl (C=O) groups is 2. The van der Waals surface area contributed by atoms with Crippen molar-refractivity contribution < 1.29 is 14.3 Å². The molecule has 4 aliphatic carbocycles. The second kappa shape index (κ2) is 7.05. The molecular weight excluding hydrogens is 326 g/mol. The molecule has 0 aromatic heterocycles. The zero-order valence-electron chi connectivity index (χ0n) is 15.6. The number of ether oxygens (including phenoxy) is 1. The summed E-state index contributed by atoms with van der Waals surface area (Å²) in [7, 11) is 0. The zero-order chi connectivity index (χ0) is 18.1. The first kappa shape index (κ1) is 17.6. The van der Waals surface area contributed by atoms with Crippen LogP contribution in [-0.2, 0) is 14.3 Å². The number of hydrogen-bond acceptors (Lipinski definition) is 3. The summed E-state index contributed by atoms with van der Waals surface area (Å²) in [4.78, 5) is 24.9. The highest BCUT2D eigenvalue weighted by molar-refractivity contribution is 5.83. The molecule has 4 heteroatoms. The van der Waals surface area contributed by atoms with E-state index in [1.54, 1.807) is 0 Å². The van der Waals surface area contributed by atoms with Crippen LogP contribution in [0.1, 0.15) is 56.9 Å². The maximum Gasteiger partial charge on any atom is 0.312 e. The Labute approximate surface area is 155 Å². The fourth-order valence-electron chi connectivity index (χ4n) is 5.86. The molecule has 1 amide bonds. The van der Waals surface area contributed by atoms with Gasteiger partial charge in [-0.1, -0.05) is 37.3 Å². The van der Waals surface area contributed by atoms with Gasteiger partial charge in [-0.2, -0.15) is 0 Å². The second-order valence-corrected chi connectivity index (χ2v) is 8.89. The van der Waals surface area contributed by atoms with Gasteiger partial charge in [0.15, 0.2) is 6.61 Å². The average molecular weight is 355 g/mol. The predicted octanol–water partition coefficient (Wildman–Crippen LogP) is 3.67. The van der Waals surface area contributed by atoms with Crippen LogP contribution in [-0.4, -0.2) is 25.0 Å². The summed E-state index contributed by atoms with van der Waals surface area (Å²) >= 11 is 0. The van der Waals surface area contributed by atoms with Gasteiger partial charge in [0.1, 0.15) is 0 Å². The molecule has 0 spiro atoms. The van der Waals surface area contributed by atoms with Gasteiger partial charge in [-0.3, -0.25) is 9.59 Å². The Morgan fingerprint density at radius 2 is 1.65 bits per heavy atom. The highest BCUT2D eigenvalue weighted by Gasteiger charge is 2.55. The summed E-state index contributed by atoms with van der Waals surface area (Å²) in [5.74, 6) is 2.02. The molecule has 1 aromatic rings. The van der Waals surface area contributed by atoms with E-state index in [-0.39, 0.29) is 29.8 Å². The van der Waals surface area contributed by atoms with E-state index in [2.05, 4.69) is 24.4 Å². The highest BCUT2D eigenvalue weighted by atomic mass is 16.5.